The highest BCUT2D eigenvalue weighted by atomic mass is 16.5. The molecule has 1 unspecified atom stereocenters. The van der Waals surface area contributed by atoms with Gasteiger partial charge in [0.05, 0.1) is 11.6 Å². The van der Waals surface area contributed by atoms with E-state index < -0.39 is 17.7 Å². The van der Waals surface area contributed by atoms with E-state index in [2.05, 4.69) is 18.7 Å². The van der Waals surface area contributed by atoms with Crippen LogP contribution in [0.3, 0.4) is 0 Å². The van der Waals surface area contributed by atoms with Gasteiger partial charge >= 0.3 is 0 Å². The number of ketones is 1. The van der Waals surface area contributed by atoms with Crippen molar-refractivity contribution in [3.8, 4) is 5.75 Å². The molecule has 198 valence electrons. The van der Waals surface area contributed by atoms with E-state index in [-0.39, 0.29) is 11.3 Å². The molecule has 0 spiro atoms. The Morgan fingerprint density at radius 1 is 0.947 bits per heavy atom. The van der Waals surface area contributed by atoms with Gasteiger partial charge in [-0.2, -0.15) is 0 Å². The van der Waals surface area contributed by atoms with Crippen molar-refractivity contribution in [2.75, 3.05) is 26.2 Å². The van der Waals surface area contributed by atoms with Crippen LogP contribution in [0.4, 0.5) is 0 Å². The molecular formula is C32H36N2O4. The van der Waals surface area contributed by atoms with Crippen molar-refractivity contribution in [2.45, 2.75) is 40.3 Å². The second kappa shape index (κ2) is 12.1. The van der Waals surface area contributed by atoms with E-state index in [0.717, 1.165) is 35.3 Å². The summed E-state index contributed by atoms with van der Waals surface area (Å²) in [4.78, 5) is 30.5. The molecule has 6 nitrogen and oxygen atoms in total. The molecule has 1 N–H and O–H groups in total. The third-order valence-electron chi connectivity index (χ3n) is 7.18. The minimum absolute atomic E-state index is 0.126. The molecule has 6 heteroatoms. The first-order chi connectivity index (χ1) is 18.3. The summed E-state index contributed by atoms with van der Waals surface area (Å²) in [5, 5.41) is 11.4. The number of benzene rings is 3. The van der Waals surface area contributed by atoms with E-state index in [1.807, 2.05) is 86.6 Å². The zero-order valence-electron chi connectivity index (χ0n) is 22.6. The maximum Gasteiger partial charge on any atom is 0.295 e. The van der Waals surface area contributed by atoms with Gasteiger partial charge in [0, 0.05) is 18.7 Å². The van der Waals surface area contributed by atoms with Crippen molar-refractivity contribution in [1.29, 1.82) is 0 Å². The molecule has 0 aliphatic carbocycles. The number of hydrogen-bond donors (Lipinski definition) is 1. The monoisotopic (exact) mass is 512 g/mol. The molecule has 1 fully saturated rings. The van der Waals surface area contributed by atoms with Gasteiger partial charge in [0.1, 0.15) is 18.1 Å². The summed E-state index contributed by atoms with van der Waals surface area (Å²) in [7, 11) is 0. The molecule has 1 aliphatic heterocycles. The quantitative estimate of drug-likeness (QED) is 0.216. The SMILES string of the molecule is CCN(CC)CCN1C(=O)C(=O)/C(=C(/O)c2cc(C)ccc2C)C1c1ccc(OCc2ccccc2)cc1. The maximum absolute atomic E-state index is 13.4. The highest BCUT2D eigenvalue weighted by Crippen LogP contribution is 2.40. The van der Waals surface area contributed by atoms with Crippen molar-refractivity contribution in [2.24, 2.45) is 0 Å². The molecule has 3 aromatic rings. The van der Waals surface area contributed by atoms with Gasteiger partial charge in [0.15, 0.2) is 0 Å². The van der Waals surface area contributed by atoms with Crippen LogP contribution in [0.1, 0.15) is 47.7 Å². The Bertz CT molecular complexity index is 1310. The van der Waals surface area contributed by atoms with Crippen LogP contribution in [-0.2, 0) is 16.2 Å². The average Bonchev–Trinajstić information content (AvgIpc) is 3.19. The molecule has 4 rings (SSSR count). The van der Waals surface area contributed by atoms with Gasteiger partial charge in [-0.1, -0.05) is 74.0 Å². The van der Waals surface area contributed by atoms with Gasteiger partial charge in [0.25, 0.3) is 11.7 Å². The van der Waals surface area contributed by atoms with Crippen LogP contribution in [0.25, 0.3) is 5.76 Å². The Kier molecular flexibility index (Phi) is 8.64. The maximum atomic E-state index is 13.4. The molecule has 0 aromatic heterocycles. The minimum Gasteiger partial charge on any atom is -0.507 e. The lowest BCUT2D eigenvalue weighted by molar-refractivity contribution is -0.140. The number of aryl methyl sites for hydroxylation is 2. The summed E-state index contributed by atoms with van der Waals surface area (Å²) in [5.74, 6) is -0.688. The molecule has 1 saturated heterocycles. The number of ether oxygens (including phenoxy) is 1. The third kappa shape index (κ3) is 5.81. The number of Topliss-reactive ketones (excluding diaryl/α,β-unsaturated/α-hetero) is 1. The van der Waals surface area contributed by atoms with Crippen molar-refractivity contribution >= 4 is 17.4 Å². The second-order valence-electron chi connectivity index (χ2n) is 9.68. The Morgan fingerprint density at radius 3 is 2.29 bits per heavy atom. The van der Waals surface area contributed by atoms with Crippen LogP contribution in [0.2, 0.25) is 0 Å². The van der Waals surface area contributed by atoms with Gasteiger partial charge in [-0.05, 0) is 61.8 Å². The van der Waals surface area contributed by atoms with Crippen molar-refractivity contribution in [1.82, 2.24) is 9.80 Å². The molecular weight excluding hydrogens is 476 g/mol. The van der Waals surface area contributed by atoms with E-state index in [0.29, 0.717) is 31.0 Å². The van der Waals surface area contributed by atoms with Gasteiger partial charge in [0.2, 0.25) is 0 Å². The van der Waals surface area contributed by atoms with Crippen LogP contribution in [-0.4, -0.2) is 52.8 Å². The van der Waals surface area contributed by atoms with Crippen LogP contribution < -0.4 is 4.74 Å². The largest absolute Gasteiger partial charge is 0.507 e. The van der Waals surface area contributed by atoms with Gasteiger partial charge < -0.3 is 19.6 Å². The molecule has 0 bridgehead atoms. The second-order valence-corrected chi connectivity index (χ2v) is 9.68. The lowest BCUT2D eigenvalue weighted by atomic mass is 9.93. The fourth-order valence-corrected chi connectivity index (χ4v) is 4.87. The highest BCUT2D eigenvalue weighted by molar-refractivity contribution is 6.46. The van der Waals surface area contributed by atoms with Gasteiger partial charge in [-0.3, -0.25) is 9.59 Å². The van der Waals surface area contributed by atoms with Crippen molar-refractivity contribution in [3.05, 3.63) is 106 Å². The van der Waals surface area contributed by atoms with E-state index in [4.69, 9.17) is 4.74 Å². The zero-order chi connectivity index (χ0) is 27.2. The fourth-order valence-electron chi connectivity index (χ4n) is 4.87. The normalized spacial score (nSPS) is 16.9. The average molecular weight is 513 g/mol. The van der Waals surface area contributed by atoms with Gasteiger partial charge in [-0.25, -0.2) is 0 Å². The van der Waals surface area contributed by atoms with Crippen LogP contribution in [0.15, 0.2) is 78.4 Å². The molecule has 1 heterocycles. The van der Waals surface area contributed by atoms with Gasteiger partial charge in [-0.15, -0.1) is 0 Å². The molecule has 0 saturated carbocycles. The van der Waals surface area contributed by atoms with E-state index in [9.17, 15) is 14.7 Å². The lowest BCUT2D eigenvalue weighted by Gasteiger charge is -2.28. The smallest absolute Gasteiger partial charge is 0.295 e. The minimum atomic E-state index is -0.686. The summed E-state index contributed by atoms with van der Waals surface area (Å²) < 4.78 is 5.94. The van der Waals surface area contributed by atoms with Crippen molar-refractivity contribution < 1.29 is 19.4 Å². The van der Waals surface area contributed by atoms with Crippen LogP contribution in [0, 0.1) is 13.8 Å². The number of hydrogen-bond acceptors (Lipinski definition) is 5. The van der Waals surface area contributed by atoms with E-state index >= 15 is 0 Å². The summed E-state index contributed by atoms with van der Waals surface area (Å²) >= 11 is 0. The predicted octanol–water partition coefficient (Wildman–Crippen LogP) is 5.65. The number of carbonyl (C=O) groups is 2. The highest BCUT2D eigenvalue weighted by Gasteiger charge is 2.46. The number of likely N-dealkylation sites (tertiary alicyclic amines) is 1. The topological polar surface area (TPSA) is 70.1 Å². The predicted molar refractivity (Wildman–Crippen MR) is 150 cm³/mol. The third-order valence-corrected chi connectivity index (χ3v) is 7.18. The van der Waals surface area contributed by atoms with Crippen LogP contribution in [0.5, 0.6) is 5.75 Å². The van der Waals surface area contributed by atoms with Crippen LogP contribution >= 0.6 is 0 Å². The fraction of sp³-hybridized carbons (Fsp3) is 0.312. The molecule has 3 aromatic carbocycles. The Morgan fingerprint density at radius 2 is 1.63 bits per heavy atom. The standard InChI is InChI=1S/C32H36N2O4/c1-5-33(6-2)18-19-34-29(25-14-16-26(17-15-25)38-21-24-10-8-7-9-11-24)28(31(36)32(34)37)30(35)27-20-22(3)12-13-23(27)4/h7-17,20,29,35H,5-6,18-19,21H2,1-4H3/b30-28+. The number of nitrogens with zero attached hydrogens (tertiary/aromatic N) is 2. The molecule has 1 aliphatic rings. The Balaban J connectivity index is 1.71. The molecule has 1 atom stereocenters. The molecule has 1 amide bonds. The van der Waals surface area contributed by atoms with E-state index in [1.165, 1.54) is 0 Å². The summed E-state index contributed by atoms with van der Waals surface area (Å²) in [6, 6.07) is 22.4. The number of likely N-dealkylation sites (N-methyl/N-ethyl adjacent to an activating group) is 1. The Hall–Kier alpha value is -3.90. The number of aliphatic hydroxyl groups excluding tert-OH is 1. The summed E-state index contributed by atoms with van der Waals surface area (Å²) in [6.45, 7) is 11.1. The summed E-state index contributed by atoms with van der Waals surface area (Å²) in [6.07, 6.45) is 0. The summed E-state index contributed by atoms with van der Waals surface area (Å²) in [5.41, 5.74) is 4.31. The molecule has 0 radical (unpaired) electrons. The number of aliphatic hydroxyl groups is 1. The number of amides is 1. The first kappa shape index (κ1) is 27.1. The molecule has 38 heavy (non-hydrogen) atoms. The number of rotatable bonds is 10. The number of carbonyl (C=O) groups excluding carboxylic acids is 2. The first-order valence-corrected chi connectivity index (χ1v) is 13.2. The van der Waals surface area contributed by atoms with E-state index in [1.54, 1.807) is 4.90 Å². The lowest BCUT2D eigenvalue weighted by Crippen LogP contribution is -2.38. The van der Waals surface area contributed by atoms with Crippen molar-refractivity contribution in [3.63, 3.8) is 0 Å². The Labute approximate surface area is 225 Å². The first-order valence-electron chi connectivity index (χ1n) is 13.2. The zero-order valence-corrected chi connectivity index (χ0v) is 22.6.